The van der Waals surface area contributed by atoms with Crippen molar-refractivity contribution in [3.05, 3.63) is 42.0 Å². The molecule has 3 N–H and O–H groups in total. The molecule has 3 rings (SSSR count). The Morgan fingerprint density at radius 1 is 1.11 bits per heavy atom. The van der Waals surface area contributed by atoms with Crippen LogP contribution in [0.3, 0.4) is 0 Å². The molecule has 0 spiro atoms. The number of nitrogens with one attached hydrogen (secondary N) is 1. The van der Waals surface area contributed by atoms with Gasteiger partial charge in [-0.25, -0.2) is 0 Å². The van der Waals surface area contributed by atoms with E-state index < -0.39 is 0 Å². The lowest BCUT2D eigenvalue weighted by Crippen LogP contribution is -1.98. The summed E-state index contributed by atoms with van der Waals surface area (Å²) in [5.41, 5.74) is 9.66. The first-order chi connectivity index (χ1) is 8.74. The Hall–Kier alpha value is -2.36. The number of fused-ring (bicyclic) bond motifs is 1. The molecule has 4 heteroatoms. The standard InChI is InChI=1S/C14H14N2O2/c1-9-3-2-4-11(14(9)15)16-10-5-6-12-13(7-10)18-8-17-12/h2-7,16H,8,15H2,1H3. The second kappa shape index (κ2) is 4.14. The molecule has 0 amide bonds. The zero-order valence-corrected chi connectivity index (χ0v) is 10.1. The van der Waals surface area contributed by atoms with E-state index in [4.69, 9.17) is 15.2 Å². The first-order valence-corrected chi connectivity index (χ1v) is 5.76. The summed E-state index contributed by atoms with van der Waals surface area (Å²) in [5, 5.41) is 3.28. The Morgan fingerprint density at radius 2 is 1.94 bits per heavy atom. The predicted octanol–water partition coefficient (Wildman–Crippen LogP) is 3.05. The SMILES string of the molecule is Cc1cccc(Nc2ccc3c(c2)OCO3)c1N. The summed E-state index contributed by atoms with van der Waals surface area (Å²) in [6.45, 7) is 2.27. The molecule has 0 fully saturated rings. The van der Waals surface area contributed by atoms with Crippen LogP contribution in [-0.2, 0) is 0 Å². The van der Waals surface area contributed by atoms with E-state index in [-0.39, 0.29) is 6.79 Å². The Labute approximate surface area is 105 Å². The van der Waals surface area contributed by atoms with Crippen molar-refractivity contribution in [2.75, 3.05) is 17.8 Å². The summed E-state index contributed by atoms with van der Waals surface area (Å²) in [6.07, 6.45) is 0. The number of para-hydroxylation sites is 1. The third kappa shape index (κ3) is 1.82. The van der Waals surface area contributed by atoms with Crippen LogP contribution in [0, 0.1) is 6.92 Å². The van der Waals surface area contributed by atoms with Gasteiger partial charge in [-0.3, -0.25) is 0 Å². The molecular formula is C14H14N2O2. The molecular weight excluding hydrogens is 228 g/mol. The van der Waals surface area contributed by atoms with Crippen molar-refractivity contribution in [1.29, 1.82) is 0 Å². The van der Waals surface area contributed by atoms with Gasteiger partial charge in [0.25, 0.3) is 0 Å². The minimum absolute atomic E-state index is 0.283. The smallest absolute Gasteiger partial charge is 0.231 e. The molecule has 0 aromatic heterocycles. The number of nitrogens with two attached hydrogens (primary N) is 1. The van der Waals surface area contributed by atoms with Gasteiger partial charge in [0.2, 0.25) is 6.79 Å². The lowest BCUT2D eigenvalue weighted by molar-refractivity contribution is 0.174. The molecule has 1 aliphatic rings. The minimum atomic E-state index is 0.283. The molecule has 4 nitrogen and oxygen atoms in total. The summed E-state index contributed by atoms with van der Waals surface area (Å²) in [5.74, 6) is 1.53. The Bertz CT molecular complexity index is 596. The molecule has 0 radical (unpaired) electrons. The van der Waals surface area contributed by atoms with E-state index in [0.717, 1.165) is 34.1 Å². The van der Waals surface area contributed by atoms with Gasteiger partial charge in [-0.05, 0) is 30.7 Å². The van der Waals surface area contributed by atoms with E-state index in [0.29, 0.717) is 0 Å². The molecule has 0 saturated heterocycles. The quantitative estimate of drug-likeness (QED) is 0.795. The third-order valence-electron chi connectivity index (χ3n) is 2.98. The normalized spacial score (nSPS) is 12.5. The van der Waals surface area contributed by atoms with Gasteiger partial charge in [-0.1, -0.05) is 12.1 Å². The summed E-state index contributed by atoms with van der Waals surface area (Å²) >= 11 is 0. The topological polar surface area (TPSA) is 56.5 Å². The highest BCUT2D eigenvalue weighted by Crippen LogP contribution is 2.36. The minimum Gasteiger partial charge on any atom is -0.454 e. The van der Waals surface area contributed by atoms with E-state index in [1.54, 1.807) is 0 Å². The Balaban J connectivity index is 1.90. The average molecular weight is 242 g/mol. The molecule has 0 atom stereocenters. The van der Waals surface area contributed by atoms with Gasteiger partial charge in [0.15, 0.2) is 11.5 Å². The Kier molecular flexibility index (Phi) is 2.48. The van der Waals surface area contributed by atoms with Crippen LogP contribution in [0.4, 0.5) is 17.1 Å². The maximum absolute atomic E-state index is 6.02. The number of nitrogen functional groups attached to an aromatic ring is 1. The van der Waals surface area contributed by atoms with E-state index in [1.165, 1.54) is 0 Å². The third-order valence-corrected chi connectivity index (χ3v) is 2.98. The molecule has 1 heterocycles. The number of rotatable bonds is 2. The molecule has 18 heavy (non-hydrogen) atoms. The van der Waals surface area contributed by atoms with Crippen LogP contribution in [-0.4, -0.2) is 6.79 Å². The van der Waals surface area contributed by atoms with Crippen LogP contribution in [0.5, 0.6) is 11.5 Å². The fourth-order valence-corrected chi connectivity index (χ4v) is 1.92. The van der Waals surface area contributed by atoms with Gasteiger partial charge in [0.1, 0.15) is 0 Å². The van der Waals surface area contributed by atoms with E-state index in [9.17, 15) is 0 Å². The van der Waals surface area contributed by atoms with Crippen molar-refractivity contribution in [2.24, 2.45) is 0 Å². The van der Waals surface area contributed by atoms with Crippen molar-refractivity contribution >= 4 is 17.1 Å². The van der Waals surface area contributed by atoms with Crippen molar-refractivity contribution in [3.8, 4) is 11.5 Å². The van der Waals surface area contributed by atoms with Crippen molar-refractivity contribution in [3.63, 3.8) is 0 Å². The molecule has 0 bridgehead atoms. The summed E-state index contributed by atoms with van der Waals surface area (Å²) in [7, 11) is 0. The van der Waals surface area contributed by atoms with Crippen LogP contribution in [0.15, 0.2) is 36.4 Å². The van der Waals surface area contributed by atoms with Crippen LogP contribution < -0.4 is 20.5 Å². The van der Waals surface area contributed by atoms with Gasteiger partial charge in [0.05, 0.1) is 11.4 Å². The van der Waals surface area contributed by atoms with Gasteiger partial charge < -0.3 is 20.5 Å². The van der Waals surface area contributed by atoms with Crippen molar-refractivity contribution < 1.29 is 9.47 Å². The molecule has 2 aromatic rings. The fourth-order valence-electron chi connectivity index (χ4n) is 1.92. The highest BCUT2D eigenvalue weighted by atomic mass is 16.7. The van der Waals surface area contributed by atoms with E-state index in [2.05, 4.69) is 5.32 Å². The van der Waals surface area contributed by atoms with Gasteiger partial charge in [-0.15, -0.1) is 0 Å². The summed E-state index contributed by atoms with van der Waals surface area (Å²) < 4.78 is 10.6. The molecule has 1 aliphatic heterocycles. The number of hydrogen-bond acceptors (Lipinski definition) is 4. The monoisotopic (exact) mass is 242 g/mol. The number of benzene rings is 2. The summed E-state index contributed by atoms with van der Waals surface area (Å²) in [4.78, 5) is 0. The fraction of sp³-hybridized carbons (Fsp3) is 0.143. The number of ether oxygens (including phenoxy) is 2. The van der Waals surface area contributed by atoms with Gasteiger partial charge in [0, 0.05) is 11.8 Å². The number of hydrogen-bond donors (Lipinski definition) is 2. The van der Waals surface area contributed by atoms with E-state index in [1.807, 2.05) is 43.3 Å². The predicted molar refractivity (Wildman–Crippen MR) is 71.4 cm³/mol. The first kappa shape index (κ1) is 10.8. The zero-order valence-electron chi connectivity index (χ0n) is 10.1. The van der Waals surface area contributed by atoms with Crippen molar-refractivity contribution in [1.82, 2.24) is 0 Å². The lowest BCUT2D eigenvalue weighted by atomic mass is 10.1. The highest BCUT2D eigenvalue weighted by molar-refractivity contribution is 5.75. The second-order valence-corrected chi connectivity index (χ2v) is 4.23. The van der Waals surface area contributed by atoms with Gasteiger partial charge >= 0.3 is 0 Å². The summed E-state index contributed by atoms with van der Waals surface area (Å²) in [6, 6.07) is 11.6. The molecule has 0 aliphatic carbocycles. The Morgan fingerprint density at radius 3 is 2.83 bits per heavy atom. The molecule has 92 valence electrons. The second-order valence-electron chi connectivity index (χ2n) is 4.23. The van der Waals surface area contributed by atoms with E-state index >= 15 is 0 Å². The first-order valence-electron chi connectivity index (χ1n) is 5.76. The van der Waals surface area contributed by atoms with Crippen LogP contribution in [0.25, 0.3) is 0 Å². The zero-order chi connectivity index (χ0) is 12.5. The van der Waals surface area contributed by atoms with Gasteiger partial charge in [-0.2, -0.15) is 0 Å². The molecule has 0 saturated carbocycles. The highest BCUT2D eigenvalue weighted by Gasteiger charge is 2.13. The maximum atomic E-state index is 6.02. The maximum Gasteiger partial charge on any atom is 0.231 e. The van der Waals surface area contributed by atoms with Crippen LogP contribution in [0.2, 0.25) is 0 Å². The van der Waals surface area contributed by atoms with Crippen LogP contribution in [0.1, 0.15) is 5.56 Å². The average Bonchev–Trinajstić information content (AvgIpc) is 2.82. The van der Waals surface area contributed by atoms with Crippen LogP contribution >= 0.6 is 0 Å². The molecule has 0 unspecified atom stereocenters. The number of anilines is 3. The molecule has 2 aromatic carbocycles. The lowest BCUT2D eigenvalue weighted by Gasteiger charge is -2.11. The number of aryl methyl sites for hydroxylation is 1. The van der Waals surface area contributed by atoms with Crippen molar-refractivity contribution in [2.45, 2.75) is 6.92 Å². The largest absolute Gasteiger partial charge is 0.454 e.